The van der Waals surface area contributed by atoms with E-state index >= 15 is 0 Å². The average Bonchev–Trinajstić information content (AvgIpc) is 3.64. The van der Waals surface area contributed by atoms with Crippen molar-refractivity contribution in [2.45, 2.75) is 6.67 Å². The standard InChI is InChI=1S/C31H34FN9O3/c1-7-27(42)34-22-14-23(26(43-6)15-25(22)40(4)13-12-39(2)3)35-31-33-17-20(30-38-37-28(16-32)44-30)29(36-31)21-18-41(5)24-11-9-8-10-19(21)24/h7-11,14-15,17-18H,1,12-13,16H2,2-6H3,(H,34,42)(H,33,35,36). The predicted molar refractivity (Wildman–Crippen MR) is 169 cm³/mol. The minimum atomic E-state index is -0.887. The van der Waals surface area contributed by atoms with Crippen molar-refractivity contribution in [1.29, 1.82) is 0 Å². The van der Waals surface area contributed by atoms with Crippen LogP contribution in [-0.2, 0) is 18.5 Å². The van der Waals surface area contributed by atoms with Crippen LogP contribution >= 0.6 is 0 Å². The molecule has 1 amide bonds. The fourth-order valence-corrected chi connectivity index (χ4v) is 4.78. The van der Waals surface area contributed by atoms with Crippen LogP contribution in [0.25, 0.3) is 33.6 Å². The molecule has 0 atom stereocenters. The second kappa shape index (κ2) is 12.9. The Morgan fingerprint density at radius 3 is 2.64 bits per heavy atom. The number of rotatable bonds is 12. The van der Waals surface area contributed by atoms with Gasteiger partial charge in [0.05, 0.1) is 35.4 Å². The van der Waals surface area contributed by atoms with Gasteiger partial charge in [0.15, 0.2) is 6.67 Å². The summed E-state index contributed by atoms with van der Waals surface area (Å²) in [5.74, 6) is 0.367. The topological polar surface area (TPSA) is 126 Å². The van der Waals surface area contributed by atoms with Crippen molar-refractivity contribution in [3.8, 4) is 28.5 Å². The first-order chi connectivity index (χ1) is 21.2. The zero-order valence-electron chi connectivity index (χ0n) is 25.3. The molecule has 0 spiro atoms. The summed E-state index contributed by atoms with van der Waals surface area (Å²) in [4.78, 5) is 25.9. The van der Waals surface area contributed by atoms with Crippen molar-refractivity contribution in [2.24, 2.45) is 7.05 Å². The number of alkyl halides is 1. The average molecular weight is 600 g/mol. The fourth-order valence-electron chi connectivity index (χ4n) is 4.78. The second-order valence-corrected chi connectivity index (χ2v) is 10.4. The molecule has 5 rings (SSSR count). The smallest absolute Gasteiger partial charge is 0.251 e. The molecule has 0 aliphatic heterocycles. The van der Waals surface area contributed by atoms with Gasteiger partial charge in [-0.2, -0.15) is 0 Å². The van der Waals surface area contributed by atoms with Gasteiger partial charge in [-0.25, -0.2) is 14.4 Å². The van der Waals surface area contributed by atoms with Crippen LogP contribution < -0.4 is 20.3 Å². The molecule has 0 fully saturated rings. The number of likely N-dealkylation sites (N-methyl/N-ethyl adjacent to an activating group) is 2. The maximum absolute atomic E-state index is 13.3. The summed E-state index contributed by atoms with van der Waals surface area (Å²) in [5.41, 5.74) is 4.58. The van der Waals surface area contributed by atoms with Gasteiger partial charge < -0.3 is 34.2 Å². The minimum absolute atomic E-state index is 0.101. The van der Waals surface area contributed by atoms with E-state index in [4.69, 9.17) is 14.1 Å². The number of nitrogens with zero attached hydrogens (tertiary/aromatic N) is 7. The Bertz CT molecular complexity index is 1810. The fraction of sp³-hybridized carbons (Fsp3) is 0.258. The van der Waals surface area contributed by atoms with E-state index in [1.165, 1.54) is 6.08 Å². The van der Waals surface area contributed by atoms with Crippen LogP contribution in [0.5, 0.6) is 5.75 Å². The number of methoxy groups -OCH3 is 1. The van der Waals surface area contributed by atoms with Gasteiger partial charge in [-0.15, -0.1) is 10.2 Å². The Labute approximate surface area is 254 Å². The Balaban J connectivity index is 1.61. The number of benzene rings is 2. The van der Waals surface area contributed by atoms with Crippen molar-refractivity contribution in [2.75, 3.05) is 56.9 Å². The summed E-state index contributed by atoms with van der Waals surface area (Å²) in [7, 11) is 9.45. The van der Waals surface area contributed by atoms with Crippen LogP contribution in [0.1, 0.15) is 5.89 Å². The molecule has 13 heteroatoms. The third-order valence-corrected chi connectivity index (χ3v) is 7.05. The Hall–Kier alpha value is -5.30. The molecular formula is C31H34FN9O3. The normalized spacial score (nSPS) is 11.2. The lowest BCUT2D eigenvalue weighted by Gasteiger charge is -2.26. The highest BCUT2D eigenvalue weighted by Crippen LogP contribution is 2.39. The number of halogens is 1. The summed E-state index contributed by atoms with van der Waals surface area (Å²) in [6, 6.07) is 11.5. The van der Waals surface area contributed by atoms with E-state index < -0.39 is 6.67 Å². The third kappa shape index (κ3) is 6.22. The Kier molecular flexibility index (Phi) is 8.86. The summed E-state index contributed by atoms with van der Waals surface area (Å²) < 4.78 is 26.6. The first-order valence-electron chi connectivity index (χ1n) is 13.8. The lowest BCUT2D eigenvalue weighted by molar-refractivity contribution is -0.111. The molecule has 0 radical (unpaired) electrons. The number of aryl methyl sites for hydroxylation is 1. The van der Waals surface area contributed by atoms with Crippen molar-refractivity contribution < 1.29 is 18.3 Å². The number of anilines is 4. The molecule has 0 bridgehead atoms. The van der Waals surface area contributed by atoms with Crippen molar-refractivity contribution in [3.05, 3.63) is 67.3 Å². The number of carbonyl (C=O) groups is 1. The second-order valence-electron chi connectivity index (χ2n) is 10.4. The van der Waals surface area contributed by atoms with E-state index in [1.54, 1.807) is 19.4 Å². The molecule has 3 aromatic heterocycles. The monoisotopic (exact) mass is 599 g/mol. The Morgan fingerprint density at radius 2 is 1.93 bits per heavy atom. The number of fused-ring (bicyclic) bond motifs is 1. The molecule has 2 aromatic carbocycles. The van der Waals surface area contributed by atoms with E-state index in [1.807, 2.05) is 74.2 Å². The van der Waals surface area contributed by atoms with Gasteiger partial charge in [0, 0.05) is 62.1 Å². The molecule has 3 heterocycles. The molecular weight excluding hydrogens is 565 g/mol. The maximum atomic E-state index is 13.3. The van der Waals surface area contributed by atoms with Crippen molar-refractivity contribution in [3.63, 3.8) is 0 Å². The summed E-state index contributed by atoms with van der Waals surface area (Å²) in [6.45, 7) is 4.21. The van der Waals surface area contributed by atoms with Gasteiger partial charge in [0.25, 0.3) is 5.89 Å². The zero-order chi connectivity index (χ0) is 31.4. The lowest BCUT2D eigenvalue weighted by Crippen LogP contribution is -2.29. The van der Waals surface area contributed by atoms with Crippen molar-refractivity contribution >= 4 is 39.8 Å². The molecule has 0 saturated heterocycles. The highest BCUT2D eigenvalue weighted by molar-refractivity contribution is 6.02. The van der Waals surface area contributed by atoms with Crippen LogP contribution in [0.15, 0.2) is 65.9 Å². The lowest BCUT2D eigenvalue weighted by atomic mass is 10.1. The summed E-state index contributed by atoms with van der Waals surface area (Å²) >= 11 is 0. The van der Waals surface area contributed by atoms with E-state index in [2.05, 4.69) is 37.3 Å². The number of nitrogens with one attached hydrogen (secondary N) is 2. The number of carbonyl (C=O) groups excluding carboxylic acids is 1. The third-order valence-electron chi connectivity index (χ3n) is 7.05. The minimum Gasteiger partial charge on any atom is -0.494 e. The van der Waals surface area contributed by atoms with E-state index in [9.17, 15) is 9.18 Å². The first kappa shape index (κ1) is 30.2. The number of hydrogen-bond donors (Lipinski definition) is 2. The number of hydrogen-bond acceptors (Lipinski definition) is 10. The molecule has 44 heavy (non-hydrogen) atoms. The van der Waals surface area contributed by atoms with Gasteiger partial charge >= 0.3 is 0 Å². The quantitative estimate of drug-likeness (QED) is 0.189. The summed E-state index contributed by atoms with van der Waals surface area (Å²) in [5, 5.41) is 14.9. The number of aromatic nitrogens is 5. The van der Waals surface area contributed by atoms with Crippen LogP contribution in [-0.4, -0.2) is 76.9 Å². The number of ether oxygens (including phenoxy) is 1. The molecule has 12 nitrogen and oxygen atoms in total. The predicted octanol–water partition coefficient (Wildman–Crippen LogP) is 5.03. The van der Waals surface area contributed by atoms with Gasteiger partial charge in [-0.3, -0.25) is 4.79 Å². The number of amides is 1. The molecule has 228 valence electrons. The molecule has 0 aliphatic rings. The highest BCUT2D eigenvalue weighted by Gasteiger charge is 2.22. The molecule has 0 unspecified atom stereocenters. The van der Waals surface area contributed by atoms with Gasteiger partial charge in [-0.05, 0) is 32.3 Å². The molecule has 2 N–H and O–H groups in total. The van der Waals surface area contributed by atoms with Crippen LogP contribution in [0.3, 0.4) is 0 Å². The van der Waals surface area contributed by atoms with Crippen LogP contribution in [0.2, 0.25) is 0 Å². The van der Waals surface area contributed by atoms with Gasteiger partial charge in [-0.1, -0.05) is 24.8 Å². The van der Waals surface area contributed by atoms with Crippen LogP contribution in [0, 0.1) is 0 Å². The van der Waals surface area contributed by atoms with Crippen LogP contribution in [0.4, 0.5) is 27.4 Å². The van der Waals surface area contributed by atoms with Crippen molar-refractivity contribution in [1.82, 2.24) is 29.6 Å². The Morgan fingerprint density at radius 1 is 1.14 bits per heavy atom. The SMILES string of the molecule is C=CC(=O)Nc1cc(Nc2ncc(-c3nnc(CF)o3)c(-c3cn(C)c4ccccc34)n2)c(OC)cc1N(C)CCN(C)C. The molecule has 0 saturated carbocycles. The van der Waals surface area contributed by atoms with Gasteiger partial charge in [0.1, 0.15) is 5.75 Å². The molecule has 0 aliphatic carbocycles. The van der Waals surface area contributed by atoms with Gasteiger partial charge in [0.2, 0.25) is 17.7 Å². The largest absolute Gasteiger partial charge is 0.494 e. The molecule has 5 aromatic rings. The zero-order valence-corrected chi connectivity index (χ0v) is 25.3. The van der Waals surface area contributed by atoms with E-state index in [-0.39, 0.29) is 23.6 Å². The maximum Gasteiger partial charge on any atom is 0.251 e. The van der Waals surface area contributed by atoms with E-state index in [0.29, 0.717) is 34.9 Å². The highest BCUT2D eigenvalue weighted by atomic mass is 19.1. The first-order valence-corrected chi connectivity index (χ1v) is 13.8. The number of para-hydroxylation sites is 1. The van der Waals surface area contributed by atoms with E-state index in [0.717, 1.165) is 28.7 Å². The summed E-state index contributed by atoms with van der Waals surface area (Å²) in [6.07, 6.45) is 4.72.